The number of fused-ring (bicyclic) bond motifs is 1. The third-order valence-corrected chi connectivity index (χ3v) is 9.93. The molecule has 3 heterocycles. The third kappa shape index (κ3) is 10.4. The van der Waals surface area contributed by atoms with Crippen molar-refractivity contribution in [3.05, 3.63) is 18.1 Å². The van der Waals surface area contributed by atoms with E-state index in [-0.39, 0.29) is 24.6 Å². The predicted molar refractivity (Wildman–Crippen MR) is 145 cm³/mol. The number of hydrogen-bond donors (Lipinski definition) is 8. The monoisotopic (exact) mass is 660 g/mol. The van der Waals surface area contributed by atoms with Crippen LogP contribution in [0.5, 0.6) is 0 Å². The summed E-state index contributed by atoms with van der Waals surface area (Å²) in [6.45, 7) is 0.364. The van der Waals surface area contributed by atoms with Gasteiger partial charge in [0.25, 0.3) is 0 Å². The van der Waals surface area contributed by atoms with Crippen molar-refractivity contribution in [2.45, 2.75) is 63.4 Å². The number of carbonyl (C=O) groups is 1. The number of rotatable bonds is 17. The first-order valence-corrected chi connectivity index (χ1v) is 17.3. The Balaban J connectivity index is 1.63. The number of nitrogens with zero attached hydrogens (tertiary/aromatic N) is 3. The van der Waals surface area contributed by atoms with Crippen LogP contribution in [-0.4, -0.2) is 77.0 Å². The SMILES string of the molecule is NCCCCCCNC(=O)CCc1cn([C@H]2CC(O)[C@@H](COP(=O)(O)OP(=O)(O)OP(=O)(O)O)O2)c2ncnc(N)c12. The Hall–Kier alpha value is -1.82. The van der Waals surface area contributed by atoms with Gasteiger partial charge in [-0.2, -0.15) is 8.62 Å². The van der Waals surface area contributed by atoms with Gasteiger partial charge >= 0.3 is 23.5 Å². The second-order valence-corrected chi connectivity index (χ2v) is 13.8. The van der Waals surface area contributed by atoms with Gasteiger partial charge < -0.3 is 50.8 Å². The molecule has 5 atom stereocenters. The van der Waals surface area contributed by atoms with Crippen molar-refractivity contribution >= 4 is 46.2 Å². The largest absolute Gasteiger partial charge is 0.490 e. The first-order valence-electron chi connectivity index (χ1n) is 12.8. The summed E-state index contributed by atoms with van der Waals surface area (Å²) in [6.07, 6.45) is 3.69. The number of carbonyl (C=O) groups excluding carboxylic acids is 1. The van der Waals surface area contributed by atoms with E-state index in [2.05, 4.69) is 28.4 Å². The Bertz CT molecular complexity index is 1370. The minimum Gasteiger partial charge on any atom is -0.390 e. The molecule has 3 unspecified atom stereocenters. The Morgan fingerprint density at radius 3 is 2.50 bits per heavy atom. The fraction of sp³-hybridized carbons (Fsp3) is 0.650. The molecule has 0 aromatic carbocycles. The predicted octanol–water partition coefficient (Wildman–Crippen LogP) is 0.573. The quantitative estimate of drug-likeness (QED) is 0.0849. The molecule has 2 aromatic rings. The number of aliphatic hydroxyl groups is 1. The average Bonchev–Trinajstić information content (AvgIpc) is 3.42. The molecule has 19 nitrogen and oxygen atoms in total. The van der Waals surface area contributed by atoms with Gasteiger partial charge in [-0.25, -0.2) is 23.7 Å². The van der Waals surface area contributed by atoms with Crippen molar-refractivity contribution < 1.29 is 61.1 Å². The summed E-state index contributed by atoms with van der Waals surface area (Å²) < 4.78 is 53.6. The standard InChI is InChI=1S/C20H35N6O13P3/c21-7-3-1-2-4-8-23-16(28)6-5-13-10-26(20-18(13)19(22)24-12-25-20)17-9-14(27)15(37-17)11-36-41(32,33)39-42(34,35)38-40(29,30)31/h10,12,14-15,17,27H,1-9,11,21H2,(H,23,28)(H,32,33)(H,34,35)(H2,22,24,25)(H2,29,30,31)/t14?,15-,17-/m1/s1. The maximum absolute atomic E-state index is 12.4. The third-order valence-electron chi connectivity index (χ3n) is 6.12. The Morgan fingerprint density at radius 2 is 1.81 bits per heavy atom. The molecule has 22 heteroatoms. The molecule has 2 aromatic heterocycles. The van der Waals surface area contributed by atoms with Crippen molar-refractivity contribution in [2.75, 3.05) is 25.4 Å². The highest BCUT2D eigenvalue weighted by Gasteiger charge is 2.43. The van der Waals surface area contributed by atoms with Crippen LogP contribution in [0.2, 0.25) is 0 Å². The van der Waals surface area contributed by atoms with Gasteiger partial charge in [-0.05, 0) is 31.4 Å². The van der Waals surface area contributed by atoms with Gasteiger partial charge in [-0.1, -0.05) is 12.8 Å². The van der Waals surface area contributed by atoms with E-state index >= 15 is 0 Å². The molecule has 238 valence electrons. The van der Waals surface area contributed by atoms with E-state index in [0.717, 1.165) is 25.7 Å². The van der Waals surface area contributed by atoms with E-state index in [0.29, 0.717) is 36.1 Å². The van der Waals surface area contributed by atoms with Gasteiger partial charge in [0.05, 0.1) is 18.1 Å². The molecular weight excluding hydrogens is 625 g/mol. The smallest absolute Gasteiger partial charge is 0.390 e. The summed E-state index contributed by atoms with van der Waals surface area (Å²) in [5, 5.41) is 13.8. The van der Waals surface area contributed by atoms with E-state index in [1.165, 1.54) is 6.33 Å². The van der Waals surface area contributed by atoms with E-state index in [4.69, 9.17) is 26.0 Å². The van der Waals surface area contributed by atoms with Crippen LogP contribution in [0.25, 0.3) is 11.0 Å². The zero-order valence-electron chi connectivity index (χ0n) is 22.3. The molecule has 0 bridgehead atoms. The number of aromatic nitrogens is 3. The maximum atomic E-state index is 12.4. The molecule has 1 aliphatic heterocycles. The van der Waals surface area contributed by atoms with Gasteiger partial charge in [0.15, 0.2) is 0 Å². The van der Waals surface area contributed by atoms with Crippen molar-refractivity contribution in [2.24, 2.45) is 5.73 Å². The molecule has 0 aliphatic carbocycles. The molecule has 1 saturated heterocycles. The molecule has 1 amide bonds. The lowest BCUT2D eigenvalue weighted by molar-refractivity contribution is -0.121. The highest BCUT2D eigenvalue weighted by Crippen LogP contribution is 2.66. The Labute approximate surface area is 240 Å². The minimum atomic E-state index is -5.70. The summed E-state index contributed by atoms with van der Waals surface area (Å²) >= 11 is 0. The second-order valence-electron chi connectivity index (χ2n) is 9.39. The van der Waals surface area contributed by atoms with Gasteiger partial charge in [-0.3, -0.25) is 9.32 Å². The van der Waals surface area contributed by atoms with E-state index < -0.39 is 48.5 Å². The van der Waals surface area contributed by atoms with E-state index in [9.17, 15) is 33.4 Å². The normalized spacial score (nSPS) is 22.2. The summed E-state index contributed by atoms with van der Waals surface area (Å²) in [4.78, 5) is 56.9. The number of aliphatic hydroxyl groups excluding tert-OH is 1. The van der Waals surface area contributed by atoms with Crippen LogP contribution in [0.3, 0.4) is 0 Å². The number of phosphoric acid groups is 3. The molecule has 0 saturated carbocycles. The highest BCUT2D eigenvalue weighted by atomic mass is 31.3. The van der Waals surface area contributed by atoms with E-state index in [1.54, 1.807) is 10.8 Å². The molecule has 42 heavy (non-hydrogen) atoms. The second kappa shape index (κ2) is 14.8. The van der Waals surface area contributed by atoms with Crippen LogP contribution in [0.4, 0.5) is 5.82 Å². The summed E-state index contributed by atoms with van der Waals surface area (Å²) in [5.41, 5.74) is 12.6. The van der Waals surface area contributed by atoms with Gasteiger partial charge in [-0.15, -0.1) is 0 Å². The topological polar surface area (TPSA) is 301 Å². The van der Waals surface area contributed by atoms with Crippen molar-refractivity contribution in [3.63, 3.8) is 0 Å². The number of anilines is 1. The number of unbranched alkanes of at least 4 members (excludes halogenated alkanes) is 3. The van der Waals surface area contributed by atoms with Crippen LogP contribution in [-0.2, 0) is 42.8 Å². The lowest BCUT2D eigenvalue weighted by Crippen LogP contribution is -2.26. The maximum Gasteiger partial charge on any atom is 0.490 e. The zero-order chi connectivity index (χ0) is 31.1. The summed E-state index contributed by atoms with van der Waals surface area (Å²) in [6, 6.07) is 0. The zero-order valence-corrected chi connectivity index (χ0v) is 25.0. The summed E-state index contributed by atoms with van der Waals surface area (Å²) in [7, 11) is -16.6. The average molecular weight is 660 g/mol. The van der Waals surface area contributed by atoms with Crippen molar-refractivity contribution in [1.29, 1.82) is 0 Å². The fourth-order valence-corrected chi connectivity index (χ4v) is 7.32. The van der Waals surface area contributed by atoms with Crippen LogP contribution in [0, 0.1) is 0 Å². The van der Waals surface area contributed by atoms with Gasteiger partial charge in [0.2, 0.25) is 5.91 Å². The number of nitrogen functional groups attached to an aromatic ring is 1. The number of ether oxygens (including phenoxy) is 1. The molecule has 1 aliphatic rings. The number of nitrogens with two attached hydrogens (primary N) is 2. The van der Waals surface area contributed by atoms with Crippen LogP contribution in [0.15, 0.2) is 12.5 Å². The number of amides is 1. The first-order chi connectivity index (χ1) is 19.6. The van der Waals surface area contributed by atoms with Crippen molar-refractivity contribution in [3.8, 4) is 0 Å². The first kappa shape index (κ1) is 34.7. The number of aryl methyl sites for hydroxylation is 1. The lowest BCUT2D eigenvalue weighted by Gasteiger charge is -2.19. The van der Waals surface area contributed by atoms with Crippen LogP contribution >= 0.6 is 23.5 Å². The van der Waals surface area contributed by atoms with E-state index in [1.807, 2.05) is 0 Å². The molecule has 3 rings (SSSR count). The summed E-state index contributed by atoms with van der Waals surface area (Å²) in [5.74, 6) is 0.0148. The fourth-order valence-electron chi connectivity index (χ4n) is 4.29. The van der Waals surface area contributed by atoms with Gasteiger partial charge in [0.1, 0.15) is 30.1 Å². The van der Waals surface area contributed by atoms with Crippen LogP contribution < -0.4 is 16.8 Å². The molecule has 0 spiro atoms. The van der Waals surface area contributed by atoms with Gasteiger partial charge in [0, 0.05) is 25.6 Å². The molecule has 0 radical (unpaired) electrons. The Kier molecular flexibility index (Phi) is 12.2. The number of hydrogen-bond acceptors (Lipinski definition) is 13. The van der Waals surface area contributed by atoms with Crippen LogP contribution in [0.1, 0.15) is 50.3 Å². The minimum absolute atomic E-state index is 0.0395. The Morgan fingerprint density at radius 1 is 1.10 bits per heavy atom. The number of nitrogens with one attached hydrogen (secondary N) is 1. The molecule has 10 N–H and O–H groups in total. The molecular formula is C20H35N6O13P3. The van der Waals surface area contributed by atoms with Crippen molar-refractivity contribution in [1.82, 2.24) is 19.9 Å². The highest BCUT2D eigenvalue weighted by molar-refractivity contribution is 7.66. The number of phosphoric ester groups is 1. The molecule has 1 fully saturated rings. The lowest BCUT2D eigenvalue weighted by atomic mass is 10.1.